The molecule has 3 aromatic carbocycles. The number of hydrogen-bond acceptors (Lipinski definition) is 7. The maximum absolute atomic E-state index is 12.9. The van der Waals surface area contributed by atoms with Gasteiger partial charge in [-0.1, -0.05) is 12.1 Å². The number of esters is 1. The number of aryl methyl sites for hydroxylation is 1. The van der Waals surface area contributed by atoms with Gasteiger partial charge in [0.25, 0.3) is 0 Å². The minimum absolute atomic E-state index is 0.0366. The second kappa shape index (κ2) is 8.79. The van der Waals surface area contributed by atoms with Crippen LogP contribution in [0.2, 0.25) is 0 Å². The highest BCUT2D eigenvalue weighted by molar-refractivity contribution is 14.1. The van der Waals surface area contributed by atoms with Crippen molar-refractivity contribution in [3.63, 3.8) is 0 Å². The molecule has 0 aliphatic heterocycles. The Morgan fingerprint density at radius 3 is 2.44 bits per heavy atom. The van der Waals surface area contributed by atoms with Gasteiger partial charge in [0.1, 0.15) is 28.9 Å². The van der Waals surface area contributed by atoms with Crippen LogP contribution in [0, 0.1) is 10.5 Å². The Balaban J connectivity index is 1.43. The zero-order chi connectivity index (χ0) is 23.8. The fraction of sp³-hybridized carbons (Fsp3) is 0.0385. The summed E-state index contributed by atoms with van der Waals surface area (Å²) in [5.41, 5.74) is 0.947. The van der Waals surface area contributed by atoms with Gasteiger partial charge in [-0.25, -0.2) is 9.59 Å². The molecule has 0 saturated carbocycles. The van der Waals surface area contributed by atoms with E-state index in [0.717, 1.165) is 14.5 Å². The molecule has 8 heteroatoms. The topological polar surface area (TPSA) is 95.9 Å². The summed E-state index contributed by atoms with van der Waals surface area (Å²) in [7, 11) is 0. The molecule has 34 heavy (non-hydrogen) atoms. The quantitative estimate of drug-likeness (QED) is 0.117. The van der Waals surface area contributed by atoms with E-state index in [4.69, 9.17) is 18.3 Å². The van der Waals surface area contributed by atoms with Gasteiger partial charge in [0.2, 0.25) is 11.2 Å². The van der Waals surface area contributed by atoms with Crippen LogP contribution < -0.4 is 20.5 Å². The third-order valence-corrected chi connectivity index (χ3v) is 6.11. The maximum Gasteiger partial charge on any atom is 0.344 e. The Bertz CT molecular complexity index is 1700. The Morgan fingerprint density at radius 2 is 1.62 bits per heavy atom. The van der Waals surface area contributed by atoms with E-state index in [-0.39, 0.29) is 22.5 Å². The predicted octanol–water partition coefficient (Wildman–Crippen LogP) is 5.82. The summed E-state index contributed by atoms with van der Waals surface area (Å²) in [5.74, 6) is 0.0140. The van der Waals surface area contributed by atoms with Crippen LogP contribution in [0.15, 0.2) is 91.4 Å². The average Bonchev–Trinajstić information content (AvgIpc) is 2.81. The Hall–Kier alpha value is -3.92. The van der Waals surface area contributed by atoms with Gasteiger partial charge in [0.05, 0.1) is 10.9 Å². The molecule has 0 unspecified atom stereocenters. The van der Waals surface area contributed by atoms with Crippen LogP contribution in [0.3, 0.4) is 0 Å². The van der Waals surface area contributed by atoms with Crippen LogP contribution in [0.4, 0.5) is 0 Å². The molecule has 5 aromatic rings. The number of hydrogen-bond donors (Lipinski definition) is 0. The highest BCUT2D eigenvalue weighted by Crippen LogP contribution is 2.27. The number of carbonyl (C=O) groups is 1. The molecule has 0 spiro atoms. The van der Waals surface area contributed by atoms with Gasteiger partial charge in [0.15, 0.2) is 0 Å². The van der Waals surface area contributed by atoms with Crippen LogP contribution in [-0.4, -0.2) is 5.97 Å². The van der Waals surface area contributed by atoms with E-state index < -0.39 is 17.0 Å². The van der Waals surface area contributed by atoms with Crippen LogP contribution in [0.5, 0.6) is 17.2 Å². The summed E-state index contributed by atoms with van der Waals surface area (Å²) in [6, 6.07) is 17.9. The molecule has 2 aromatic heterocycles. The van der Waals surface area contributed by atoms with Crippen LogP contribution >= 0.6 is 22.6 Å². The molecule has 0 amide bonds. The lowest BCUT2D eigenvalue weighted by Gasteiger charge is -2.08. The third-order valence-electron chi connectivity index (χ3n) is 5.17. The van der Waals surface area contributed by atoms with E-state index in [1.807, 2.05) is 19.1 Å². The average molecular weight is 566 g/mol. The van der Waals surface area contributed by atoms with Crippen molar-refractivity contribution in [1.82, 2.24) is 0 Å². The van der Waals surface area contributed by atoms with Gasteiger partial charge in [-0.2, -0.15) is 0 Å². The zero-order valence-electron chi connectivity index (χ0n) is 17.7. The molecule has 0 bridgehead atoms. The first kappa shape index (κ1) is 21.9. The minimum atomic E-state index is -0.509. The summed E-state index contributed by atoms with van der Waals surface area (Å²) >= 11 is 2.06. The molecule has 7 nitrogen and oxygen atoms in total. The van der Waals surface area contributed by atoms with E-state index >= 15 is 0 Å². The van der Waals surface area contributed by atoms with Crippen molar-refractivity contribution < 1.29 is 23.1 Å². The van der Waals surface area contributed by atoms with E-state index in [1.165, 1.54) is 30.5 Å². The molecule has 0 radical (unpaired) electrons. The summed E-state index contributed by atoms with van der Waals surface area (Å²) in [6.07, 6.45) is 1.19. The van der Waals surface area contributed by atoms with Gasteiger partial charge in [-0.05, 0) is 71.5 Å². The molecular weight excluding hydrogens is 551 g/mol. The molecule has 168 valence electrons. The third kappa shape index (κ3) is 4.19. The molecule has 0 saturated heterocycles. The number of benzene rings is 3. The van der Waals surface area contributed by atoms with Crippen molar-refractivity contribution in [3.05, 3.63) is 108 Å². The first-order valence-electron chi connectivity index (χ1n) is 10.1. The molecule has 0 N–H and O–H groups in total. The summed E-state index contributed by atoms with van der Waals surface area (Å²) in [4.78, 5) is 37.1. The van der Waals surface area contributed by atoms with Gasteiger partial charge >= 0.3 is 11.6 Å². The van der Waals surface area contributed by atoms with Crippen molar-refractivity contribution in [1.29, 1.82) is 0 Å². The number of fused-ring (bicyclic) bond motifs is 2. The molecule has 0 aliphatic carbocycles. The van der Waals surface area contributed by atoms with Crippen molar-refractivity contribution in [2.45, 2.75) is 6.92 Å². The normalized spacial score (nSPS) is 11.0. The Kier molecular flexibility index (Phi) is 5.66. The molecule has 5 rings (SSSR count). The van der Waals surface area contributed by atoms with Gasteiger partial charge in [-0.3, -0.25) is 4.79 Å². The zero-order valence-corrected chi connectivity index (χ0v) is 19.8. The summed E-state index contributed by atoms with van der Waals surface area (Å²) < 4.78 is 22.7. The molecule has 0 atom stereocenters. The lowest BCUT2D eigenvalue weighted by Crippen LogP contribution is -2.10. The largest absolute Gasteiger partial charge is 0.460 e. The maximum atomic E-state index is 12.9. The standard InChI is InChI=1S/C26H15IO7/c1-14-10-24(28)34-22-12-15(6-8-17(14)22)32-23-13-31-21-11-16(7-9-19(21)25(23)29)33-26(30)18-4-2-3-5-20(18)27/h2-13H,1H3. The summed E-state index contributed by atoms with van der Waals surface area (Å²) in [5, 5.41) is 1.03. The minimum Gasteiger partial charge on any atom is -0.460 e. The van der Waals surface area contributed by atoms with Crippen molar-refractivity contribution >= 4 is 50.5 Å². The Labute approximate surface area is 205 Å². The van der Waals surface area contributed by atoms with Gasteiger partial charge in [0, 0.05) is 27.2 Å². The van der Waals surface area contributed by atoms with Crippen LogP contribution in [0.25, 0.3) is 21.9 Å². The van der Waals surface area contributed by atoms with E-state index in [9.17, 15) is 14.4 Å². The number of carbonyl (C=O) groups excluding carboxylic acids is 1. The summed E-state index contributed by atoms with van der Waals surface area (Å²) in [6.45, 7) is 1.81. The van der Waals surface area contributed by atoms with Crippen LogP contribution in [0.1, 0.15) is 15.9 Å². The number of ether oxygens (including phenoxy) is 2. The smallest absolute Gasteiger partial charge is 0.344 e. The monoisotopic (exact) mass is 566 g/mol. The molecule has 0 aliphatic rings. The Morgan fingerprint density at radius 1 is 0.882 bits per heavy atom. The number of rotatable bonds is 4. The van der Waals surface area contributed by atoms with E-state index in [0.29, 0.717) is 16.9 Å². The fourth-order valence-corrected chi connectivity index (χ4v) is 4.12. The first-order valence-corrected chi connectivity index (χ1v) is 11.2. The lowest BCUT2D eigenvalue weighted by atomic mass is 10.1. The van der Waals surface area contributed by atoms with Crippen molar-refractivity contribution in [3.8, 4) is 17.2 Å². The SMILES string of the molecule is Cc1cc(=O)oc2cc(Oc3coc4cc(OC(=O)c5ccccc5I)ccc4c3=O)ccc12. The van der Waals surface area contributed by atoms with Crippen molar-refractivity contribution in [2.24, 2.45) is 0 Å². The second-order valence-corrected chi connectivity index (χ2v) is 8.63. The molecule has 2 heterocycles. The van der Waals surface area contributed by atoms with Gasteiger partial charge in [-0.15, -0.1) is 0 Å². The van der Waals surface area contributed by atoms with Crippen LogP contribution in [-0.2, 0) is 0 Å². The van der Waals surface area contributed by atoms with Gasteiger partial charge < -0.3 is 18.3 Å². The highest BCUT2D eigenvalue weighted by Gasteiger charge is 2.15. The lowest BCUT2D eigenvalue weighted by molar-refractivity contribution is 0.0734. The molecule has 0 fully saturated rings. The molecular formula is C26H15IO7. The first-order chi connectivity index (χ1) is 16.4. The van der Waals surface area contributed by atoms with E-state index in [1.54, 1.807) is 30.3 Å². The van der Waals surface area contributed by atoms with E-state index in [2.05, 4.69) is 22.6 Å². The number of halogens is 1. The van der Waals surface area contributed by atoms with Crippen molar-refractivity contribution in [2.75, 3.05) is 0 Å². The highest BCUT2D eigenvalue weighted by atomic mass is 127. The fourth-order valence-electron chi connectivity index (χ4n) is 3.51. The second-order valence-electron chi connectivity index (χ2n) is 7.46. The predicted molar refractivity (Wildman–Crippen MR) is 134 cm³/mol.